The minimum absolute atomic E-state index is 0.0923. The fourth-order valence-corrected chi connectivity index (χ4v) is 7.66. The smallest absolute Gasteiger partial charge is 0.265 e. The predicted molar refractivity (Wildman–Crippen MR) is 128 cm³/mol. The molecular formula is C29H35NO2. The Labute approximate surface area is 191 Å². The molecule has 0 saturated heterocycles. The lowest BCUT2D eigenvalue weighted by atomic mass is 9.48. The van der Waals surface area contributed by atoms with Crippen LogP contribution in [0.1, 0.15) is 75.0 Å². The third-order valence-corrected chi connectivity index (χ3v) is 8.81. The van der Waals surface area contributed by atoms with Crippen LogP contribution in [0.3, 0.4) is 0 Å². The number of anilines is 1. The Morgan fingerprint density at radius 1 is 0.906 bits per heavy atom. The van der Waals surface area contributed by atoms with E-state index in [2.05, 4.69) is 41.7 Å². The molecule has 0 radical (unpaired) electrons. The van der Waals surface area contributed by atoms with Crippen LogP contribution in [0.4, 0.5) is 5.69 Å². The summed E-state index contributed by atoms with van der Waals surface area (Å²) >= 11 is 0. The summed E-state index contributed by atoms with van der Waals surface area (Å²) in [6.07, 6.45) is 12.8. The number of rotatable bonds is 5. The van der Waals surface area contributed by atoms with Crippen molar-refractivity contribution in [3.63, 3.8) is 0 Å². The monoisotopic (exact) mass is 429 g/mol. The number of hydrogen-bond acceptors (Lipinski definition) is 2. The van der Waals surface area contributed by atoms with E-state index in [4.69, 9.17) is 4.74 Å². The van der Waals surface area contributed by atoms with E-state index < -0.39 is 6.10 Å². The fraction of sp³-hybridized carbons (Fsp3) is 0.552. The summed E-state index contributed by atoms with van der Waals surface area (Å²) in [4.78, 5) is 12.8. The van der Waals surface area contributed by atoms with Crippen molar-refractivity contribution < 1.29 is 9.53 Å². The maximum atomic E-state index is 12.8. The van der Waals surface area contributed by atoms with Crippen LogP contribution < -0.4 is 10.1 Å². The first kappa shape index (κ1) is 20.3. The maximum absolute atomic E-state index is 12.8. The number of amides is 1. The Morgan fingerprint density at radius 3 is 2.19 bits per heavy atom. The van der Waals surface area contributed by atoms with Gasteiger partial charge >= 0.3 is 0 Å². The summed E-state index contributed by atoms with van der Waals surface area (Å²) in [5.74, 6) is 3.54. The molecule has 4 saturated carbocycles. The average molecular weight is 430 g/mol. The largest absolute Gasteiger partial charge is 0.481 e. The molecule has 1 unspecified atom stereocenters. The zero-order valence-corrected chi connectivity index (χ0v) is 19.2. The van der Waals surface area contributed by atoms with Crippen LogP contribution in [0, 0.1) is 17.8 Å². The van der Waals surface area contributed by atoms with Crippen molar-refractivity contribution in [3.05, 3.63) is 59.2 Å². The van der Waals surface area contributed by atoms with E-state index in [9.17, 15) is 4.79 Å². The summed E-state index contributed by atoms with van der Waals surface area (Å²) in [5.41, 5.74) is 5.57. The third-order valence-electron chi connectivity index (χ3n) is 8.81. The quantitative estimate of drug-likeness (QED) is 0.594. The Balaban J connectivity index is 1.10. The van der Waals surface area contributed by atoms with Crippen LogP contribution in [0.15, 0.2) is 42.5 Å². The molecule has 5 aliphatic rings. The molecule has 0 aliphatic heterocycles. The van der Waals surface area contributed by atoms with Gasteiger partial charge in [0, 0.05) is 5.69 Å². The maximum Gasteiger partial charge on any atom is 0.265 e. The number of carbonyl (C=O) groups is 1. The van der Waals surface area contributed by atoms with Gasteiger partial charge in [-0.15, -0.1) is 0 Å². The van der Waals surface area contributed by atoms with Crippen LogP contribution in [0.25, 0.3) is 0 Å². The first-order chi connectivity index (χ1) is 15.6. The lowest BCUT2D eigenvalue weighted by Gasteiger charge is -2.57. The van der Waals surface area contributed by atoms with Gasteiger partial charge in [0.1, 0.15) is 5.75 Å². The number of aryl methyl sites for hydroxylation is 2. The number of ether oxygens (including phenoxy) is 1. The number of hydrogen-bond donors (Lipinski definition) is 1. The summed E-state index contributed by atoms with van der Waals surface area (Å²) in [7, 11) is 0. The molecule has 2 aromatic rings. The van der Waals surface area contributed by atoms with E-state index in [1.165, 1.54) is 68.1 Å². The van der Waals surface area contributed by atoms with Crippen molar-refractivity contribution in [1.29, 1.82) is 0 Å². The molecule has 1 amide bonds. The standard InChI is InChI=1S/C29H35NO2/c1-19(32-27-11-6-23-4-2-3-5-24(23)15-27)28(31)30-26-9-7-25(8-10-26)29-16-20-12-21(17-29)14-22(13-20)18-29/h6-11,15,19-22H,2-5,12-14,16-18H2,1H3,(H,30,31). The van der Waals surface area contributed by atoms with Gasteiger partial charge in [0.25, 0.3) is 5.91 Å². The second-order valence-corrected chi connectivity index (χ2v) is 11.2. The Bertz CT molecular complexity index is 973. The van der Waals surface area contributed by atoms with E-state index in [1.54, 1.807) is 0 Å². The fourth-order valence-electron chi connectivity index (χ4n) is 7.66. The van der Waals surface area contributed by atoms with Crippen LogP contribution in [-0.2, 0) is 23.1 Å². The topological polar surface area (TPSA) is 38.3 Å². The molecule has 7 rings (SSSR count). The van der Waals surface area contributed by atoms with Gasteiger partial charge in [-0.3, -0.25) is 4.79 Å². The SMILES string of the molecule is CC(Oc1ccc2c(c1)CCCC2)C(=O)Nc1ccc(C23CC4CC(CC(C4)C2)C3)cc1. The second-order valence-electron chi connectivity index (χ2n) is 11.2. The lowest BCUT2D eigenvalue weighted by Crippen LogP contribution is -2.48. The molecule has 168 valence electrons. The minimum atomic E-state index is -0.528. The minimum Gasteiger partial charge on any atom is -0.481 e. The highest BCUT2D eigenvalue weighted by molar-refractivity contribution is 5.94. The summed E-state index contributed by atoms with van der Waals surface area (Å²) in [5, 5.41) is 3.06. The molecule has 3 nitrogen and oxygen atoms in total. The normalized spacial score (nSPS) is 31.1. The molecular weight excluding hydrogens is 394 g/mol. The molecule has 1 atom stereocenters. The zero-order valence-electron chi connectivity index (χ0n) is 19.2. The molecule has 1 N–H and O–H groups in total. The molecule has 5 aliphatic carbocycles. The Morgan fingerprint density at radius 2 is 1.53 bits per heavy atom. The van der Waals surface area contributed by atoms with Crippen molar-refractivity contribution in [2.75, 3.05) is 5.32 Å². The van der Waals surface area contributed by atoms with Crippen molar-refractivity contribution >= 4 is 11.6 Å². The molecule has 0 spiro atoms. The van der Waals surface area contributed by atoms with Crippen molar-refractivity contribution in [2.24, 2.45) is 17.8 Å². The lowest BCUT2D eigenvalue weighted by molar-refractivity contribution is -0.122. The van der Waals surface area contributed by atoms with E-state index in [0.717, 1.165) is 42.0 Å². The molecule has 0 aromatic heterocycles. The van der Waals surface area contributed by atoms with Gasteiger partial charge in [-0.2, -0.15) is 0 Å². The first-order valence-electron chi connectivity index (χ1n) is 12.8. The summed E-state index contributed by atoms with van der Waals surface area (Å²) < 4.78 is 5.99. The summed E-state index contributed by atoms with van der Waals surface area (Å²) in [6, 6.07) is 15.0. The summed E-state index contributed by atoms with van der Waals surface area (Å²) in [6.45, 7) is 1.83. The number of carbonyl (C=O) groups excluding carboxylic acids is 1. The van der Waals surface area contributed by atoms with E-state index >= 15 is 0 Å². The number of nitrogens with one attached hydrogen (secondary N) is 1. The molecule has 32 heavy (non-hydrogen) atoms. The van der Waals surface area contributed by atoms with Gasteiger partial charge in [0.15, 0.2) is 6.10 Å². The first-order valence-corrected chi connectivity index (χ1v) is 12.8. The highest BCUT2D eigenvalue weighted by Crippen LogP contribution is 2.60. The van der Waals surface area contributed by atoms with Gasteiger partial charge in [0.05, 0.1) is 0 Å². The van der Waals surface area contributed by atoms with Crippen molar-refractivity contribution in [1.82, 2.24) is 0 Å². The molecule has 0 heterocycles. The molecule has 3 heteroatoms. The number of benzene rings is 2. The van der Waals surface area contributed by atoms with E-state index in [0.29, 0.717) is 5.41 Å². The average Bonchev–Trinajstić information content (AvgIpc) is 2.78. The Hall–Kier alpha value is -2.29. The highest BCUT2D eigenvalue weighted by Gasteiger charge is 2.51. The second kappa shape index (κ2) is 7.93. The van der Waals surface area contributed by atoms with Gasteiger partial charge in [-0.05, 0) is 135 Å². The number of fused-ring (bicyclic) bond motifs is 1. The van der Waals surface area contributed by atoms with Gasteiger partial charge in [-0.1, -0.05) is 18.2 Å². The van der Waals surface area contributed by atoms with E-state index in [1.807, 2.05) is 13.0 Å². The Kier molecular flexibility index (Phi) is 5.04. The van der Waals surface area contributed by atoms with Crippen LogP contribution in [0.5, 0.6) is 5.75 Å². The molecule has 4 bridgehead atoms. The van der Waals surface area contributed by atoms with Crippen molar-refractivity contribution in [2.45, 2.75) is 82.7 Å². The van der Waals surface area contributed by atoms with Crippen LogP contribution in [0.2, 0.25) is 0 Å². The molecule has 2 aromatic carbocycles. The van der Waals surface area contributed by atoms with Crippen LogP contribution in [-0.4, -0.2) is 12.0 Å². The van der Waals surface area contributed by atoms with Crippen LogP contribution >= 0.6 is 0 Å². The highest BCUT2D eigenvalue weighted by atomic mass is 16.5. The van der Waals surface area contributed by atoms with E-state index in [-0.39, 0.29) is 5.91 Å². The zero-order chi connectivity index (χ0) is 21.7. The third kappa shape index (κ3) is 3.74. The molecule has 4 fully saturated rings. The predicted octanol–water partition coefficient (Wildman–Crippen LogP) is 6.44. The van der Waals surface area contributed by atoms with Gasteiger partial charge in [0.2, 0.25) is 0 Å². The van der Waals surface area contributed by atoms with Gasteiger partial charge in [-0.25, -0.2) is 0 Å². The van der Waals surface area contributed by atoms with Gasteiger partial charge < -0.3 is 10.1 Å². The van der Waals surface area contributed by atoms with Crippen molar-refractivity contribution in [3.8, 4) is 5.75 Å².